The number of hydrogen-bond acceptors (Lipinski definition) is 6. The van der Waals surface area contributed by atoms with Crippen LogP contribution in [0.1, 0.15) is 5.56 Å². The molecule has 0 aliphatic carbocycles. The Labute approximate surface area is 170 Å². The van der Waals surface area contributed by atoms with Gasteiger partial charge >= 0.3 is 0 Å². The molecule has 0 saturated heterocycles. The van der Waals surface area contributed by atoms with E-state index in [0.717, 1.165) is 12.1 Å². The minimum absolute atomic E-state index is 0.00783. The Hall–Kier alpha value is -3.28. The van der Waals surface area contributed by atoms with Crippen LogP contribution in [0.3, 0.4) is 0 Å². The molecule has 0 fully saturated rings. The maximum atomic E-state index is 12.4. The van der Waals surface area contributed by atoms with Crippen molar-refractivity contribution in [3.05, 3.63) is 61.6 Å². The molecule has 0 aromatic heterocycles. The minimum atomic E-state index is -0.809. The average molecular weight is 422 g/mol. The van der Waals surface area contributed by atoms with Crippen molar-refractivity contribution in [3.8, 4) is 17.6 Å². The Morgan fingerprint density at radius 2 is 1.86 bits per heavy atom. The maximum Gasteiger partial charge on any atom is 0.280 e. The Morgan fingerprint density at radius 3 is 2.43 bits per heavy atom. The van der Waals surface area contributed by atoms with Gasteiger partial charge in [0.05, 0.1) is 41.5 Å². The van der Waals surface area contributed by atoms with Gasteiger partial charge in [0.1, 0.15) is 11.6 Å². The number of hydrogen-bond donors (Lipinski definition) is 1. The van der Waals surface area contributed by atoms with Crippen LogP contribution in [0.4, 0.5) is 11.4 Å². The number of nitrogens with zero attached hydrogens (tertiary/aromatic N) is 2. The number of carbonyl (C=O) groups excluding carboxylic acids is 1. The van der Waals surface area contributed by atoms with Crippen LogP contribution in [0, 0.1) is 21.4 Å². The highest BCUT2D eigenvalue weighted by molar-refractivity contribution is 6.36. The number of rotatable bonds is 6. The number of anilines is 1. The van der Waals surface area contributed by atoms with Crippen LogP contribution in [-0.4, -0.2) is 25.1 Å². The number of amides is 1. The first kappa shape index (κ1) is 21.0. The smallest absolute Gasteiger partial charge is 0.280 e. The maximum absolute atomic E-state index is 12.4. The molecule has 0 atom stereocenters. The highest BCUT2D eigenvalue weighted by Gasteiger charge is 2.20. The van der Waals surface area contributed by atoms with E-state index in [1.54, 1.807) is 6.07 Å². The van der Waals surface area contributed by atoms with Crippen molar-refractivity contribution in [3.63, 3.8) is 0 Å². The average Bonchev–Trinajstić information content (AvgIpc) is 2.67. The first-order chi connectivity index (χ1) is 13.3. The number of ether oxygens (including phenoxy) is 2. The van der Waals surface area contributed by atoms with Crippen molar-refractivity contribution in [2.45, 2.75) is 0 Å². The van der Waals surface area contributed by atoms with Gasteiger partial charge in [-0.25, -0.2) is 0 Å². The molecule has 1 N–H and O–H groups in total. The topological polar surface area (TPSA) is 114 Å². The van der Waals surface area contributed by atoms with Gasteiger partial charge in [0, 0.05) is 5.02 Å². The predicted octanol–water partition coefficient (Wildman–Crippen LogP) is 4.46. The van der Waals surface area contributed by atoms with Gasteiger partial charge in [-0.2, -0.15) is 5.26 Å². The number of methoxy groups -OCH3 is 2. The molecule has 8 nitrogen and oxygen atoms in total. The summed E-state index contributed by atoms with van der Waals surface area (Å²) in [7, 11) is 2.69. The molecule has 0 bridgehead atoms. The van der Waals surface area contributed by atoms with Crippen LogP contribution < -0.4 is 14.8 Å². The molecule has 2 aromatic rings. The molecule has 0 saturated carbocycles. The molecule has 0 spiro atoms. The molecule has 28 heavy (non-hydrogen) atoms. The first-order valence-electron chi connectivity index (χ1n) is 7.59. The molecule has 2 rings (SSSR count). The Kier molecular flexibility index (Phi) is 6.82. The van der Waals surface area contributed by atoms with Crippen molar-refractivity contribution in [2.75, 3.05) is 19.5 Å². The summed E-state index contributed by atoms with van der Waals surface area (Å²) in [6.45, 7) is 0. The third kappa shape index (κ3) is 4.71. The number of nitro benzene ring substituents is 1. The van der Waals surface area contributed by atoms with Gasteiger partial charge in [0.25, 0.3) is 11.6 Å². The van der Waals surface area contributed by atoms with Gasteiger partial charge in [-0.3, -0.25) is 14.9 Å². The van der Waals surface area contributed by atoms with Crippen LogP contribution in [0.2, 0.25) is 10.0 Å². The monoisotopic (exact) mass is 421 g/mol. The second kappa shape index (κ2) is 9.08. The van der Waals surface area contributed by atoms with E-state index in [-0.39, 0.29) is 39.0 Å². The van der Waals surface area contributed by atoms with Crippen LogP contribution in [0.15, 0.2) is 35.9 Å². The van der Waals surface area contributed by atoms with E-state index in [4.69, 9.17) is 32.7 Å². The van der Waals surface area contributed by atoms with E-state index in [1.165, 1.54) is 38.5 Å². The fourth-order valence-electron chi connectivity index (χ4n) is 2.24. The largest absolute Gasteiger partial charge is 0.493 e. The highest BCUT2D eigenvalue weighted by Crippen LogP contribution is 2.35. The summed E-state index contributed by atoms with van der Waals surface area (Å²) < 4.78 is 10.2. The third-order valence-corrected chi connectivity index (χ3v) is 4.14. The summed E-state index contributed by atoms with van der Waals surface area (Å²) in [4.78, 5) is 23.1. The van der Waals surface area contributed by atoms with E-state index >= 15 is 0 Å². The van der Waals surface area contributed by atoms with E-state index < -0.39 is 10.8 Å². The number of nitro groups is 1. The summed E-state index contributed by atoms with van der Waals surface area (Å²) in [6.07, 6.45) is 1.08. The molecule has 0 heterocycles. The second-order valence-corrected chi connectivity index (χ2v) is 6.11. The van der Waals surface area contributed by atoms with Crippen LogP contribution in [-0.2, 0) is 4.79 Å². The van der Waals surface area contributed by atoms with Crippen molar-refractivity contribution < 1.29 is 19.2 Å². The highest BCUT2D eigenvalue weighted by atomic mass is 35.5. The SMILES string of the molecule is COc1cc(/C=C(\C#N)C(=O)Nc2cc(Cl)ccc2Cl)c([N+](=O)[O-])cc1OC. The lowest BCUT2D eigenvalue weighted by Gasteiger charge is -2.10. The fourth-order valence-corrected chi connectivity index (χ4v) is 2.58. The predicted molar refractivity (Wildman–Crippen MR) is 105 cm³/mol. The lowest BCUT2D eigenvalue weighted by Crippen LogP contribution is -2.14. The number of benzene rings is 2. The molecular formula is C18H13Cl2N3O5. The molecule has 0 aliphatic heterocycles. The van der Waals surface area contributed by atoms with Crippen molar-refractivity contribution in [1.29, 1.82) is 5.26 Å². The first-order valence-corrected chi connectivity index (χ1v) is 8.35. The van der Waals surface area contributed by atoms with Crippen molar-refractivity contribution in [1.82, 2.24) is 0 Å². The summed E-state index contributed by atoms with van der Waals surface area (Å²) in [5, 5.41) is 23.7. The molecule has 0 radical (unpaired) electrons. The molecule has 144 valence electrons. The van der Waals surface area contributed by atoms with Gasteiger partial charge in [0.2, 0.25) is 0 Å². The van der Waals surface area contributed by atoms with Gasteiger partial charge < -0.3 is 14.8 Å². The number of halogens is 2. The lowest BCUT2D eigenvalue weighted by atomic mass is 10.1. The van der Waals surface area contributed by atoms with Gasteiger partial charge in [-0.05, 0) is 30.3 Å². The van der Waals surface area contributed by atoms with Crippen LogP contribution >= 0.6 is 23.2 Å². The number of nitrogens with one attached hydrogen (secondary N) is 1. The molecule has 0 unspecified atom stereocenters. The normalized spacial score (nSPS) is 10.8. The van der Waals surface area contributed by atoms with E-state index in [0.29, 0.717) is 5.02 Å². The van der Waals surface area contributed by atoms with Gasteiger partial charge in [-0.1, -0.05) is 23.2 Å². The summed E-state index contributed by atoms with van der Waals surface area (Å²) in [5.74, 6) is -0.467. The molecule has 2 aromatic carbocycles. The van der Waals surface area contributed by atoms with E-state index in [1.807, 2.05) is 0 Å². The molecule has 10 heteroatoms. The van der Waals surface area contributed by atoms with E-state index in [2.05, 4.69) is 5.32 Å². The number of nitriles is 1. The van der Waals surface area contributed by atoms with Gasteiger partial charge in [0.15, 0.2) is 11.5 Å². The summed E-state index contributed by atoms with van der Waals surface area (Å²) >= 11 is 11.9. The zero-order valence-electron chi connectivity index (χ0n) is 14.7. The van der Waals surface area contributed by atoms with Crippen molar-refractivity contribution in [2.24, 2.45) is 0 Å². The molecular weight excluding hydrogens is 409 g/mol. The molecule has 1 amide bonds. The lowest BCUT2D eigenvalue weighted by molar-refractivity contribution is -0.385. The third-order valence-electron chi connectivity index (χ3n) is 3.57. The Bertz CT molecular complexity index is 1020. The summed E-state index contributed by atoms with van der Waals surface area (Å²) in [5.41, 5.74) is -0.556. The van der Waals surface area contributed by atoms with E-state index in [9.17, 15) is 20.2 Å². The zero-order chi connectivity index (χ0) is 20.8. The number of carbonyl (C=O) groups is 1. The van der Waals surface area contributed by atoms with Crippen LogP contribution in [0.5, 0.6) is 11.5 Å². The Balaban J connectivity index is 2.48. The van der Waals surface area contributed by atoms with Crippen LogP contribution in [0.25, 0.3) is 6.08 Å². The Morgan fingerprint density at radius 1 is 1.21 bits per heavy atom. The fraction of sp³-hybridized carbons (Fsp3) is 0.111. The molecule has 0 aliphatic rings. The standard InChI is InChI=1S/C18H13Cl2N3O5/c1-27-16-6-10(15(23(25)26)8-17(16)28-2)5-11(9-21)18(24)22-14-7-12(19)3-4-13(14)20/h3-8H,1-2H3,(H,22,24)/b11-5+. The van der Waals surface area contributed by atoms with Gasteiger partial charge in [-0.15, -0.1) is 0 Å². The second-order valence-electron chi connectivity index (χ2n) is 5.27. The summed E-state index contributed by atoms with van der Waals surface area (Å²) in [6, 6.07) is 8.59. The van der Waals surface area contributed by atoms with Crippen molar-refractivity contribution >= 4 is 46.6 Å². The zero-order valence-corrected chi connectivity index (χ0v) is 16.2. The quantitative estimate of drug-likeness (QED) is 0.318. The minimum Gasteiger partial charge on any atom is -0.493 e.